The van der Waals surface area contributed by atoms with E-state index >= 15 is 0 Å². The smallest absolute Gasteiger partial charge is 0.267 e. The third kappa shape index (κ3) is 4.28. The van der Waals surface area contributed by atoms with Crippen LogP contribution < -0.4 is 5.48 Å². The second-order valence-electron chi connectivity index (χ2n) is 6.14. The molecule has 1 amide bonds. The quantitative estimate of drug-likeness (QED) is 0.464. The first-order chi connectivity index (χ1) is 12.2. The number of rotatable bonds is 6. The molecule has 2 heterocycles. The number of nitrogens with zero attached hydrogens (tertiary/aromatic N) is 5. The molecular formula is C17H22N6O2. The molecule has 1 aromatic carbocycles. The molecule has 0 saturated carbocycles. The molecule has 2 N–H and O–H groups in total. The largest absolute Gasteiger partial charge is 0.296 e. The SMILES string of the molecule is Cn1nnnc1CCN1CCCC1c1ccc(/C=C/C(=O)NO)cc1. The molecule has 0 radical (unpaired) electrons. The van der Waals surface area contributed by atoms with Crippen LogP contribution in [0.15, 0.2) is 30.3 Å². The number of amides is 1. The molecule has 1 aromatic heterocycles. The van der Waals surface area contributed by atoms with Crippen molar-refractivity contribution in [1.29, 1.82) is 0 Å². The van der Waals surface area contributed by atoms with Crippen molar-refractivity contribution in [3.63, 3.8) is 0 Å². The van der Waals surface area contributed by atoms with Crippen LogP contribution in [0.1, 0.15) is 35.8 Å². The third-order valence-corrected chi connectivity index (χ3v) is 4.55. The number of hydrogen-bond donors (Lipinski definition) is 2. The van der Waals surface area contributed by atoms with Gasteiger partial charge in [-0.1, -0.05) is 24.3 Å². The molecule has 1 saturated heterocycles. The van der Waals surface area contributed by atoms with Gasteiger partial charge in [0.2, 0.25) is 0 Å². The summed E-state index contributed by atoms with van der Waals surface area (Å²) < 4.78 is 1.72. The third-order valence-electron chi connectivity index (χ3n) is 4.55. The topological polar surface area (TPSA) is 96.2 Å². The van der Waals surface area contributed by atoms with E-state index in [1.54, 1.807) is 16.2 Å². The number of hydroxylamine groups is 1. The number of nitrogens with one attached hydrogen (secondary N) is 1. The van der Waals surface area contributed by atoms with E-state index in [2.05, 4.69) is 32.6 Å². The Morgan fingerprint density at radius 3 is 2.88 bits per heavy atom. The monoisotopic (exact) mass is 342 g/mol. The fourth-order valence-corrected chi connectivity index (χ4v) is 3.21. The van der Waals surface area contributed by atoms with Gasteiger partial charge in [-0.15, -0.1) is 5.10 Å². The average Bonchev–Trinajstić information content (AvgIpc) is 3.27. The Hall–Kier alpha value is -2.58. The lowest BCUT2D eigenvalue weighted by Crippen LogP contribution is -2.26. The van der Waals surface area contributed by atoms with E-state index in [1.807, 2.05) is 19.2 Å². The Morgan fingerprint density at radius 2 is 2.20 bits per heavy atom. The van der Waals surface area contributed by atoms with Gasteiger partial charge in [0.25, 0.3) is 5.91 Å². The number of aryl methyl sites for hydroxylation is 1. The Balaban J connectivity index is 1.62. The van der Waals surface area contributed by atoms with Crippen molar-refractivity contribution in [2.45, 2.75) is 25.3 Å². The summed E-state index contributed by atoms with van der Waals surface area (Å²) in [5, 5.41) is 20.1. The maximum absolute atomic E-state index is 11.0. The van der Waals surface area contributed by atoms with Crippen molar-refractivity contribution in [1.82, 2.24) is 30.6 Å². The van der Waals surface area contributed by atoms with Gasteiger partial charge in [-0.2, -0.15) is 0 Å². The van der Waals surface area contributed by atoms with E-state index in [0.717, 1.165) is 37.3 Å². The minimum atomic E-state index is -0.538. The van der Waals surface area contributed by atoms with E-state index in [4.69, 9.17) is 5.21 Å². The Bertz CT molecular complexity index is 740. The predicted octanol–water partition coefficient (Wildman–Crippen LogP) is 1.11. The lowest BCUT2D eigenvalue weighted by molar-refractivity contribution is -0.124. The van der Waals surface area contributed by atoms with Gasteiger partial charge >= 0.3 is 0 Å². The molecule has 25 heavy (non-hydrogen) atoms. The van der Waals surface area contributed by atoms with Gasteiger partial charge in [-0.25, -0.2) is 10.2 Å². The van der Waals surface area contributed by atoms with E-state index in [0.29, 0.717) is 6.04 Å². The number of hydrogen-bond acceptors (Lipinski definition) is 6. The average molecular weight is 342 g/mol. The second kappa shape index (κ2) is 8.00. The van der Waals surface area contributed by atoms with Gasteiger partial charge in [0.05, 0.1) is 0 Å². The molecule has 1 aliphatic rings. The summed E-state index contributed by atoms with van der Waals surface area (Å²) in [6.45, 7) is 2.01. The van der Waals surface area contributed by atoms with Crippen molar-refractivity contribution in [3.8, 4) is 0 Å². The number of aromatic nitrogens is 4. The summed E-state index contributed by atoms with van der Waals surface area (Å²) in [6, 6.07) is 8.58. The number of tetrazole rings is 1. The van der Waals surface area contributed by atoms with Gasteiger partial charge in [0.1, 0.15) is 0 Å². The van der Waals surface area contributed by atoms with Crippen LogP contribution in [0, 0.1) is 0 Å². The summed E-state index contributed by atoms with van der Waals surface area (Å²) in [5.41, 5.74) is 3.77. The van der Waals surface area contributed by atoms with E-state index in [1.165, 1.54) is 18.1 Å². The molecule has 0 bridgehead atoms. The normalized spacial score (nSPS) is 18.1. The maximum atomic E-state index is 11.0. The Morgan fingerprint density at radius 1 is 1.40 bits per heavy atom. The van der Waals surface area contributed by atoms with Crippen LogP contribution in [0.5, 0.6) is 0 Å². The van der Waals surface area contributed by atoms with Gasteiger partial charge in [-0.05, 0) is 47.0 Å². The van der Waals surface area contributed by atoms with E-state index in [-0.39, 0.29) is 0 Å². The summed E-state index contributed by atoms with van der Waals surface area (Å²) in [7, 11) is 1.86. The van der Waals surface area contributed by atoms with Crippen molar-refractivity contribution >= 4 is 12.0 Å². The molecule has 8 nitrogen and oxygen atoms in total. The lowest BCUT2D eigenvalue weighted by atomic mass is 10.0. The minimum Gasteiger partial charge on any atom is -0.296 e. The van der Waals surface area contributed by atoms with Crippen LogP contribution >= 0.6 is 0 Å². The number of carbonyl (C=O) groups is 1. The molecular weight excluding hydrogens is 320 g/mol. The highest BCUT2D eigenvalue weighted by molar-refractivity contribution is 5.90. The second-order valence-corrected chi connectivity index (χ2v) is 6.14. The highest BCUT2D eigenvalue weighted by Gasteiger charge is 2.25. The van der Waals surface area contributed by atoms with Crippen LogP contribution in [0.4, 0.5) is 0 Å². The van der Waals surface area contributed by atoms with E-state index < -0.39 is 5.91 Å². The zero-order chi connectivity index (χ0) is 17.6. The van der Waals surface area contributed by atoms with Crippen molar-refractivity contribution < 1.29 is 10.0 Å². The van der Waals surface area contributed by atoms with Gasteiger partial charge in [0, 0.05) is 32.1 Å². The lowest BCUT2D eigenvalue weighted by Gasteiger charge is -2.24. The van der Waals surface area contributed by atoms with Crippen molar-refractivity contribution in [3.05, 3.63) is 47.3 Å². The fourth-order valence-electron chi connectivity index (χ4n) is 3.21. The molecule has 1 atom stereocenters. The van der Waals surface area contributed by atoms with Crippen LogP contribution in [-0.2, 0) is 18.3 Å². The molecule has 3 rings (SSSR count). The Kier molecular flexibility index (Phi) is 5.52. The van der Waals surface area contributed by atoms with Gasteiger partial charge < -0.3 is 0 Å². The number of carbonyl (C=O) groups excluding carboxylic acids is 1. The molecule has 8 heteroatoms. The van der Waals surface area contributed by atoms with E-state index in [9.17, 15) is 4.79 Å². The Labute approximate surface area is 146 Å². The number of likely N-dealkylation sites (tertiary alicyclic amines) is 1. The molecule has 0 spiro atoms. The van der Waals surface area contributed by atoms with Crippen LogP contribution in [0.3, 0.4) is 0 Å². The summed E-state index contributed by atoms with van der Waals surface area (Å²) in [6.07, 6.45) is 6.12. The highest BCUT2D eigenvalue weighted by atomic mass is 16.5. The zero-order valence-corrected chi connectivity index (χ0v) is 14.2. The molecule has 132 valence electrons. The van der Waals surface area contributed by atoms with Crippen LogP contribution in [0.2, 0.25) is 0 Å². The van der Waals surface area contributed by atoms with Crippen molar-refractivity contribution in [2.75, 3.05) is 13.1 Å². The standard InChI is InChI=1S/C17H22N6O2/c1-22-16(18-20-21-22)10-12-23-11-2-3-15(23)14-7-4-13(5-8-14)6-9-17(24)19-25/h4-9,15,25H,2-3,10-12H2,1H3,(H,19,24)/b9-6+. The first-order valence-corrected chi connectivity index (χ1v) is 8.35. The van der Waals surface area contributed by atoms with Gasteiger partial charge in [-0.3, -0.25) is 14.9 Å². The molecule has 2 aromatic rings. The molecule has 1 unspecified atom stereocenters. The first-order valence-electron chi connectivity index (χ1n) is 8.35. The predicted molar refractivity (Wildman–Crippen MR) is 91.5 cm³/mol. The number of benzene rings is 1. The maximum Gasteiger partial charge on any atom is 0.267 e. The summed E-state index contributed by atoms with van der Waals surface area (Å²) in [5.74, 6) is 0.359. The molecule has 1 aliphatic heterocycles. The van der Waals surface area contributed by atoms with Crippen LogP contribution in [-0.4, -0.2) is 49.3 Å². The molecule has 0 aliphatic carbocycles. The summed E-state index contributed by atoms with van der Waals surface area (Å²) >= 11 is 0. The fraction of sp³-hybridized carbons (Fsp3) is 0.412. The first kappa shape index (κ1) is 17.2. The van der Waals surface area contributed by atoms with Gasteiger partial charge in [0.15, 0.2) is 5.82 Å². The summed E-state index contributed by atoms with van der Waals surface area (Å²) in [4.78, 5) is 13.5. The van der Waals surface area contributed by atoms with Crippen LogP contribution in [0.25, 0.3) is 6.08 Å². The highest BCUT2D eigenvalue weighted by Crippen LogP contribution is 2.32. The van der Waals surface area contributed by atoms with Crippen molar-refractivity contribution in [2.24, 2.45) is 7.05 Å². The zero-order valence-electron chi connectivity index (χ0n) is 14.2. The molecule has 1 fully saturated rings. The minimum absolute atomic E-state index is 0.403.